The Morgan fingerprint density at radius 1 is 0.929 bits per heavy atom. The predicted octanol–water partition coefficient (Wildman–Crippen LogP) is 5.02. The van der Waals surface area contributed by atoms with Crippen molar-refractivity contribution in [3.63, 3.8) is 0 Å². The van der Waals surface area contributed by atoms with Crippen LogP contribution in [0.1, 0.15) is 40.2 Å². The molecule has 0 fully saturated rings. The van der Waals surface area contributed by atoms with Gasteiger partial charge in [0, 0.05) is 4.90 Å². The highest BCUT2D eigenvalue weighted by Gasteiger charge is 1.88. The van der Waals surface area contributed by atoms with E-state index < -0.39 is 0 Å². The van der Waals surface area contributed by atoms with Crippen LogP contribution in [-0.4, -0.2) is 6.26 Å². The molecule has 82 valence electrons. The first-order valence-electron chi connectivity index (χ1n) is 5.49. The Bertz CT molecular complexity index is 166. The van der Waals surface area contributed by atoms with Gasteiger partial charge in [0.2, 0.25) is 0 Å². The van der Waals surface area contributed by atoms with Gasteiger partial charge in [-0.05, 0) is 30.4 Å². The average Bonchev–Trinajstić information content (AvgIpc) is 2.34. The van der Waals surface area contributed by atoms with Gasteiger partial charge in [0.1, 0.15) is 0 Å². The summed E-state index contributed by atoms with van der Waals surface area (Å²) in [6.45, 7) is 10.2. The van der Waals surface area contributed by atoms with Gasteiger partial charge in [0.15, 0.2) is 0 Å². The van der Waals surface area contributed by atoms with Crippen LogP contribution in [-0.2, 0) is 6.42 Å². The lowest BCUT2D eigenvalue weighted by Gasteiger charge is -1.97. The minimum absolute atomic E-state index is 1.13. The standard InChI is InChI=1S/C9H12S.2C2H6/c1-3-8-4-6-9(10-2)7-5-8;2*1-2/h4-7H,3H2,1-2H3;2*1-2H3. The fourth-order valence-electron chi connectivity index (χ4n) is 0.861. The van der Waals surface area contributed by atoms with Gasteiger partial charge < -0.3 is 0 Å². The van der Waals surface area contributed by atoms with Crippen molar-refractivity contribution >= 4 is 11.8 Å². The molecule has 0 unspecified atom stereocenters. The summed E-state index contributed by atoms with van der Waals surface area (Å²) in [5, 5.41) is 0. The molecule has 0 aromatic heterocycles. The minimum Gasteiger partial charge on any atom is -0.130 e. The molecule has 0 N–H and O–H groups in total. The highest BCUT2D eigenvalue weighted by molar-refractivity contribution is 7.98. The number of rotatable bonds is 2. The molecule has 0 amide bonds. The molecule has 14 heavy (non-hydrogen) atoms. The molecule has 0 heterocycles. The van der Waals surface area contributed by atoms with E-state index in [2.05, 4.69) is 37.4 Å². The van der Waals surface area contributed by atoms with Gasteiger partial charge >= 0.3 is 0 Å². The molecular formula is C13H24S. The van der Waals surface area contributed by atoms with Crippen LogP contribution in [0.15, 0.2) is 29.2 Å². The van der Waals surface area contributed by atoms with Crippen molar-refractivity contribution in [2.24, 2.45) is 0 Å². The van der Waals surface area contributed by atoms with Crippen LogP contribution in [0.5, 0.6) is 0 Å². The van der Waals surface area contributed by atoms with E-state index in [4.69, 9.17) is 0 Å². The van der Waals surface area contributed by atoms with E-state index in [-0.39, 0.29) is 0 Å². The summed E-state index contributed by atoms with van der Waals surface area (Å²) >= 11 is 1.79. The lowest BCUT2D eigenvalue weighted by Crippen LogP contribution is -1.77. The third kappa shape index (κ3) is 7.02. The monoisotopic (exact) mass is 212 g/mol. The van der Waals surface area contributed by atoms with E-state index in [1.165, 1.54) is 10.5 Å². The average molecular weight is 212 g/mol. The summed E-state index contributed by atoms with van der Waals surface area (Å²) in [7, 11) is 0. The summed E-state index contributed by atoms with van der Waals surface area (Å²) < 4.78 is 0. The van der Waals surface area contributed by atoms with Crippen LogP contribution in [0, 0.1) is 0 Å². The van der Waals surface area contributed by atoms with Crippen molar-refractivity contribution < 1.29 is 0 Å². The quantitative estimate of drug-likeness (QED) is 0.620. The van der Waals surface area contributed by atoms with Crippen molar-refractivity contribution in [3.8, 4) is 0 Å². The number of benzene rings is 1. The Hall–Kier alpha value is -0.430. The number of aryl methyl sites for hydroxylation is 1. The van der Waals surface area contributed by atoms with Crippen LogP contribution in [0.2, 0.25) is 0 Å². The van der Waals surface area contributed by atoms with Crippen molar-refractivity contribution in [3.05, 3.63) is 29.8 Å². The van der Waals surface area contributed by atoms with E-state index in [0.29, 0.717) is 0 Å². The van der Waals surface area contributed by atoms with Crippen LogP contribution in [0.3, 0.4) is 0 Å². The highest BCUT2D eigenvalue weighted by atomic mass is 32.2. The third-order valence-corrected chi connectivity index (χ3v) is 2.31. The maximum absolute atomic E-state index is 2.19. The zero-order chi connectivity index (χ0) is 11.4. The molecule has 1 aromatic rings. The number of thioether (sulfide) groups is 1. The molecule has 0 spiro atoms. The molecule has 0 radical (unpaired) electrons. The summed E-state index contributed by atoms with van der Waals surface area (Å²) in [6.07, 6.45) is 3.23. The minimum atomic E-state index is 1.13. The highest BCUT2D eigenvalue weighted by Crippen LogP contribution is 2.14. The Labute approximate surface area is 94.1 Å². The lowest BCUT2D eigenvalue weighted by molar-refractivity contribution is 1.13. The van der Waals surface area contributed by atoms with Crippen molar-refractivity contribution in [2.45, 2.75) is 45.9 Å². The molecule has 1 heteroatoms. The molecule has 1 rings (SSSR count). The smallest absolute Gasteiger partial charge is 0.00693 e. The van der Waals surface area contributed by atoms with Gasteiger partial charge in [0.05, 0.1) is 0 Å². The first-order valence-corrected chi connectivity index (χ1v) is 6.72. The van der Waals surface area contributed by atoms with E-state index in [9.17, 15) is 0 Å². The molecule has 0 saturated heterocycles. The predicted molar refractivity (Wildman–Crippen MR) is 70.3 cm³/mol. The second-order valence-electron chi connectivity index (χ2n) is 2.20. The Balaban J connectivity index is 0. The summed E-state index contributed by atoms with van der Waals surface area (Å²) in [5.41, 5.74) is 1.41. The molecular weight excluding hydrogens is 188 g/mol. The maximum Gasteiger partial charge on any atom is 0.00693 e. The molecule has 0 bridgehead atoms. The van der Waals surface area contributed by atoms with Crippen molar-refractivity contribution in [2.75, 3.05) is 6.26 Å². The molecule has 0 aliphatic carbocycles. The second-order valence-corrected chi connectivity index (χ2v) is 3.08. The van der Waals surface area contributed by atoms with Gasteiger partial charge in [-0.3, -0.25) is 0 Å². The van der Waals surface area contributed by atoms with Crippen LogP contribution < -0.4 is 0 Å². The van der Waals surface area contributed by atoms with Crippen LogP contribution in [0.25, 0.3) is 0 Å². The van der Waals surface area contributed by atoms with E-state index >= 15 is 0 Å². The zero-order valence-electron chi connectivity index (χ0n) is 10.4. The molecule has 0 aliphatic heterocycles. The Morgan fingerprint density at radius 2 is 1.36 bits per heavy atom. The first kappa shape index (κ1) is 16.0. The largest absolute Gasteiger partial charge is 0.130 e. The van der Waals surface area contributed by atoms with Crippen LogP contribution >= 0.6 is 11.8 Å². The van der Waals surface area contributed by atoms with Gasteiger partial charge in [-0.25, -0.2) is 0 Å². The molecule has 0 aliphatic rings. The fraction of sp³-hybridized carbons (Fsp3) is 0.538. The first-order chi connectivity index (χ1) is 6.86. The maximum atomic E-state index is 2.19. The van der Waals surface area contributed by atoms with E-state index in [1.807, 2.05) is 27.7 Å². The summed E-state index contributed by atoms with van der Waals surface area (Å²) in [6, 6.07) is 8.71. The summed E-state index contributed by atoms with van der Waals surface area (Å²) in [4.78, 5) is 1.34. The Morgan fingerprint density at radius 3 is 1.64 bits per heavy atom. The second kappa shape index (κ2) is 12.6. The van der Waals surface area contributed by atoms with Gasteiger partial charge in [-0.1, -0.05) is 46.8 Å². The lowest BCUT2D eigenvalue weighted by atomic mass is 10.2. The van der Waals surface area contributed by atoms with Gasteiger partial charge in [0.25, 0.3) is 0 Å². The van der Waals surface area contributed by atoms with E-state index in [1.54, 1.807) is 11.8 Å². The summed E-state index contributed by atoms with van der Waals surface area (Å²) in [5.74, 6) is 0. The van der Waals surface area contributed by atoms with Gasteiger partial charge in [-0.15, -0.1) is 11.8 Å². The third-order valence-electron chi connectivity index (χ3n) is 1.57. The number of hydrogen-bond donors (Lipinski definition) is 0. The fourth-order valence-corrected chi connectivity index (χ4v) is 1.27. The normalized spacial score (nSPS) is 7.86. The SMILES string of the molecule is CC.CC.CCc1ccc(SC)cc1. The molecule has 0 atom stereocenters. The topological polar surface area (TPSA) is 0 Å². The van der Waals surface area contributed by atoms with E-state index in [0.717, 1.165) is 6.42 Å². The van der Waals surface area contributed by atoms with Crippen molar-refractivity contribution in [1.29, 1.82) is 0 Å². The van der Waals surface area contributed by atoms with Gasteiger partial charge in [-0.2, -0.15) is 0 Å². The zero-order valence-corrected chi connectivity index (χ0v) is 11.2. The molecule has 1 aromatic carbocycles. The molecule has 0 nitrogen and oxygen atoms in total. The van der Waals surface area contributed by atoms with Crippen molar-refractivity contribution in [1.82, 2.24) is 0 Å². The number of hydrogen-bond acceptors (Lipinski definition) is 1. The molecule has 0 saturated carbocycles. The van der Waals surface area contributed by atoms with Crippen LogP contribution in [0.4, 0.5) is 0 Å². The Kier molecular flexibility index (Phi) is 14.4.